The van der Waals surface area contributed by atoms with Crippen LogP contribution < -0.4 is 5.32 Å². The second kappa shape index (κ2) is 7.28. The van der Waals surface area contributed by atoms with Crippen LogP contribution in [0.4, 0.5) is 13.2 Å². The van der Waals surface area contributed by atoms with E-state index in [9.17, 15) is 18.3 Å². The van der Waals surface area contributed by atoms with Gasteiger partial charge in [-0.1, -0.05) is 6.92 Å². The second-order valence-corrected chi connectivity index (χ2v) is 8.42. The molecule has 3 aliphatic rings. The van der Waals surface area contributed by atoms with Gasteiger partial charge < -0.3 is 20.1 Å². The van der Waals surface area contributed by atoms with Crippen molar-refractivity contribution in [2.45, 2.75) is 31.2 Å². The third-order valence-corrected chi connectivity index (χ3v) is 6.22. The molecule has 5 heterocycles. The number of hydrogen-bond donors (Lipinski definition) is 3. The Morgan fingerprint density at radius 2 is 2.13 bits per heavy atom. The average molecular weight is 436 g/mol. The molecular weight excluding hydrogens is 413 g/mol. The first-order chi connectivity index (χ1) is 14.8. The van der Waals surface area contributed by atoms with Gasteiger partial charge in [0.15, 0.2) is 5.65 Å². The van der Waals surface area contributed by atoms with Crippen molar-refractivity contribution in [2.75, 3.05) is 32.8 Å². The summed E-state index contributed by atoms with van der Waals surface area (Å²) >= 11 is 0. The van der Waals surface area contributed by atoms with Gasteiger partial charge in [-0.2, -0.15) is 18.3 Å². The summed E-state index contributed by atoms with van der Waals surface area (Å²) in [6, 6.07) is 3.11. The van der Waals surface area contributed by atoms with Crippen LogP contribution in [-0.4, -0.2) is 81.7 Å². The highest BCUT2D eigenvalue weighted by molar-refractivity contribution is 5.97. The maximum atomic E-state index is 14.0. The first kappa shape index (κ1) is 20.4. The molecule has 3 N–H and O–H groups in total. The minimum absolute atomic E-state index is 0.142. The third kappa shape index (κ3) is 3.50. The highest BCUT2D eigenvalue weighted by atomic mass is 19.4. The highest BCUT2D eigenvalue weighted by Gasteiger charge is 2.47. The molecule has 2 aromatic rings. The summed E-state index contributed by atoms with van der Waals surface area (Å²) in [6.07, 6.45) is -3.15. The van der Waals surface area contributed by atoms with Gasteiger partial charge in [0, 0.05) is 37.1 Å². The lowest BCUT2D eigenvalue weighted by atomic mass is 9.88. The number of halogens is 3. The number of aliphatic imine (C=N–C) groups is 1. The van der Waals surface area contributed by atoms with Crippen molar-refractivity contribution in [3.05, 3.63) is 29.6 Å². The van der Waals surface area contributed by atoms with E-state index in [-0.39, 0.29) is 37.1 Å². The Morgan fingerprint density at radius 1 is 1.32 bits per heavy atom. The van der Waals surface area contributed by atoms with E-state index in [1.54, 1.807) is 25.3 Å². The average Bonchev–Trinajstić information content (AvgIpc) is 3.15. The van der Waals surface area contributed by atoms with Crippen LogP contribution in [0.15, 0.2) is 28.9 Å². The first-order valence-corrected chi connectivity index (χ1v) is 10.2. The maximum Gasteiger partial charge on any atom is 0.414 e. The minimum Gasteiger partial charge on any atom is -0.383 e. The van der Waals surface area contributed by atoms with E-state index < -0.39 is 23.3 Å². The summed E-state index contributed by atoms with van der Waals surface area (Å²) in [4.78, 5) is 10.6. The predicted molar refractivity (Wildman–Crippen MR) is 107 cm³/mol. The van der Waals surface area contributed by atoms with Crippen molar-refractivity contribution in [1.29, 1.82) is 0 Å². The second-order valence-electron chi connectivity index (χ2n) is 8.42. The number of allylic oxidation sites excluding steroid dienone is 1. The van der Waals surface area contributed by atoms with Crippen molar-refractivity contribution < 1.29 is 23.0 Å². The van der Waals surface area contributed by atoms with E-state index in [0.29, 0.717) is 36.5 Å². The molecule has 0 aromatic carbocycles. The van der Waals surface area contributed by atoms with Gasteiger partial charge in [-0.05, 0) is 18.6 Å². The quantitative estimate of drug-likeness (QED) is 0.663. The molecule has 0 radical (unpaired) electrons. The topological polar surface area (TPSA) is 98.7 Å². The molecule has 3 aliphatic heterocycles. The van der Waals surface area contributed by atoms with Crippen molar-refractivity contribution in [2.24, 2.45) is 10.9 Å². The lowest BCUT2D eigenvalue weighted by molar-refractivity contribution is -0.197. The van der Waals surface area contributed by atoms with Crippen LogP contribution in [0, 0.1) is 5.92 Å². The molecule has 0 amide bonds. The van der Waals surface area contributed by atoms with Crippen molar-refractivity contribution in [3.63, 3.8) is 0 Å². The van der Waals surface area contributed by atoms with Crippen LogP contribution >= 0.6 is 0 Å². The van der Waals surface area contributed by atoms with E-state index in [0.717, 1.165) is 0 Å². The molecule has 0 aliphatic carbocycles. The monoisotopic (exact) mass is 436 g/mol. The van der Waals surface area contributed by atoms with Gasteiger partial charge in [-0.15, -0.1) is 0 Å². The Labute approximate surface area is 176 Å². The summed E-state index contributed by atoms with van der Waals surface area (Å²) in [6.45, 7) is 3.89. The Kier molecular flexibility index (Phi) is 4.79. The normalized spacial score (nSPS) is 26.7. The zero-order valence-corrected chi connectivity index (χ0v) is 16.9. The number of piperazine rings is 1. The molecule has 5 rings (SSSR count). The first-order valence-electron chi connectivity index (χ1n) is 10.2. The van der Waals surface area contributed by atoms with Crippen molar-refractivity contribution >= 4 is 22.6 Å². The van der Waals surface area contributed by atoms with Crippen molar-refractivity contribution in [1.82, 2.24) is 25.4 Å². The van der Waals surface area contributed by atoms with Gasteiger partial charge >= 0.3 is 6.18 Å². The lowest BCUT2D eigenvalue weighted by Crippen LogP contribution is -2.69. The van der Waals surface area contributed by atoms with E-state index >= 15 is 0 Å². The van der Waals surface area contributed by atoms with Gasteiger partial charge in [0.05, 0.1) is 36.2 Å². The van der Waals surface area contributed by atoms with Crippen LogP contribution in [0.3, 0.4) is 0 Å². The standard InChI is InChI=1S/C20H23F3N6O2/c1-11-7-13(20(21,22)23)16(15-12-3-2-4-25-17(12)28-27-15)26-18(11)29-6-5-24-14(8-29)19(30)9-31-10-19/h2-4,11,14,24,30H,5-10H2,1H3,(H,25,27,28). The Hall–Kier alpha value is -2.50. The van der Waals surface area contributed by atoms with Gasteiger partial charge in [0.1, 0.15) is 11.4 Å². The number of nitrogens with zero attached hydrogens (tertiary/aromatic N) is 4. The number of amidine groups is 1. The lowest BCUT2D eigenvalue weighted by Gasteiger charge is -2.48. The van der Waals surface area contributed by atoms with Crippen LogP contribution in [0.25, 0.3) is 16.7 Å². The summed E-state index contributed by atoms with van der Waals surface area (Å²) in [5.41, 5.74) is -1.21. The smallest absolute Gasteiger partial charge is 0.383 e. The van der Waals surface area contributed by atoms with Crippen molar-refractivity contribution in [3.8, 4) is 0 Å². The molecule has 11 heteroatoms. The number of aromatic nitrogens is 3. The number of nitrogens with one attached hydrogen (secondary N) is 2. The fourth-order valence-electron chi connectivity index (χ4n) is 4.49. The van der Waals surface area contributed by atoms with Gasteiger partial charge in [0.2, 0.25) is 0 Å². The summed E-state index contributed by atoms with van der Waals surface area (Å²) in [5.74, 6) is 0.170. The molecule has 31 heavy (non-hydrogen) atoms. The molecule has 0 saturated carbocycles. The molecule has 2 unspecified atom stereocenters. The number of aliphatic hydroxyl groups is 1. The van der Waals surface area contributed by atoms with Gasteiger partial charge in [-0.3, -0.25) is 5.10 Å². The maximum absolute atomic E-state index is 14.0. The number of rotatable bonds is 2. The Balaban J connectivity index is 1.56. The number of H-pyrrole nitrogens is 1. The zero-order valence-electron chi connectivity index (χ0n) is 16.9. The molecule has 0 bridgehead atoms. The number of aromatic amines is 1. The van der Waals surface area contributed by atoms with E-state index in [1.165, 1.54) is 0 Å². The van der Waals surface area contributed by atoms with Crippen LogP contribution in [-0.2, 0) is 4.74 Å². The number of alkyl halides is 3. The number of fused-ring (bicyclic) bond motifs is 1. The van der Waals surface area contributed by atoms with E-state index in [4.69, 9.17) is 4.74 Å². The Morgan fingerprint density at radius 3 is 2.84 bits per heavy atom. The summed E-state index contributed by atoms with van der Waals surface area (Å²) in [5, 5.41) is 21.2. The Bertz CT molecular complexity index is 1060. The molecule has 2 atom stereocenters. The SMILES string of the molecule is CC1CC(C(F)(F)F)=C(c2[nH]nc3ncccc23)N=C1N1CCNC(C2(O)COC2)C1. The zero-order chi connectivity index (χ0) is 21.8. The minimum atomic E-state index is -4.51. The molecular formula is C20H23F3N6O2. The highest BCUT2D eigenvalue weighted by Crippen LogP contribution is 2.42. The number of hydrogen-bond acceptors (Lipinski definition) is 7. The van der Waals surface area contributed by atoms with Crippen LogP contribution in [0.5, 0.6) is 0 Å². The predicted octanol–water partition coefficient (Wildman–Crippen LogP) is 1.70. The molecule has 2 aromatic heterocycles. The largest absolute Gasteiger partial charge is 0.414 e. The van der Waals surface area contributed by atoms with Crippen LogP contribution in [0.2, 0.25) is 0 Å². The van der Waals surface area contributed by atoms with Crippen LogP contribution in [0.1, 0.15) is 19.0 Å². The fraction of sp³-hybridized carbons (Fsp3) is 0.550. The third-order valence-electron chi connectivity index (χ3n) is 6.22. The number of ether oxygens (including phenoxy) is 1. The molecule has 2 fully saturated rings. The van der Waals surface area contributed by atoms with E-state index in [1.807, 2.05) is 4.90 Å². The fourth-order valence-corrected chi connectivity index (χ4v) is 4.49. The molecule has 0 spiro atoms. The molecule has 2 saturated heterocycles. The molecule has 166 valence electrons. The molecule has 8 nitrogen and oxygen atoms in total. The van der Waals surface area contributed by atoms with Gasteiger partial charge in [0.25, 0.3) is 0 Å². The van der Waals surface area contributed by atoms with E-state index in [2.05, 4.69) is 25.5 Å². The number of pyridine rings is 1. The summed E-state index contributed by atoms with van der Waals surface area (Å²) < 4.78 is 47.0. The van der Waals surface area contributed by atoms with Gasteiger partial charge in [-0.25, -0.2) is 9.98 Å². The summed E-state index contributed by atoms with van der Waals surface area (Å²) in [7, 11) is 0.